The molecule has 11 nitrogen and oxygen atoms in total. The van der Waals surface area contributed by atoms with Crippen molar-refractivity contribution in [2.24, 2.45) is 0 Å². The summed E-state index contributed by atoms with van der Waals surface area (Å²) in [5, 5.41) is 19.4. The Labute approximate surface area is 288 Å². The summed E-state index contributed by atoms with van der Waals surface area (Å²) in [6.45, 7) is 11.4. The molecule has 0 unspecified atom stereocenters. The molecule has 0 spiro atoms. The minimum Gasteiger partial charge on any atom is -0.478 e. The molecule has 2 aromatic carbocycles. The van der Waals surface area contributed by atoms with E-state index in [1.165, 1.54) is 0 Å². The average molecular weight is 696 g/mol. The second-order valence-electron chi connectivity index (χ2n) is 13.5. The van der Waals surface area contributed by atoms with E-state index in [0.29, 0.717) is 39.0 Å². The van der Waals surface area contributed by atoms with Gasteiger partial charge in [0.1, 0.15) is 6.54 Å². The van der Waals surface area contributed by atoms with E-state index in [0.717, 1.165) is 46.8 Å². The van der Waals surface area contributed by atoms with Gasteiger partial charge >= 0.3 is 17.9 Å². The number of nitrogens with zero attached hydrogens (tertiary/aromatic N) is 2. The maximum absolute atomic E-state index is 11.9. The molecule has 264 valence electrons. The van der Waals surface area contributed by atoms with Gasteiger partial charge in [0.15, 0.2) is 5.71 Å². The molecule has 0 atom stereocenters. The number of esters is 1. The number of carbonyl (C=O) groups excluding carboxylic acids is 1. The monoisotopic (exact) mass is 695 g/mol. The number of hydrogen-bond acceptors (Lipinski definition) is 7. The van der Waals surface area contributed by atoms with Crippen LogP contribution in [0.3, 0.4) is 0 Å². The molecule has 0 aromatic heterocycles. The van der Waals surface area contributed by atoms with Crippen molar-refractivity contribution in [3.63, 3.8) is 0 Å². The molecule has 2 heterocycles. The van der Waals surface area contributed by atoms with E-state index in [9.17, 15) is 37.6 Å². The van der Waals surface area contributed by atoms with Gasteiger partial charge in [-0.2, -0.15) is 13.0 Å². The lowest BCUT2D eigenvalue weighted by molar-refractivity contribution is -0.438. The maximum atomic E-state index is 11.9. The van der Waals surface area contributed by atoms with Crippen molar-refractivity contribution in [3.05, 3.63) is 82.6 Å². The van der Waals surface area contributed by atoms with Gasteiger partial charge in [0.2, 0.25) is 5.69 Å². The third-order valence-electron chi connectivity index (χ3n) is 9.39. The van der Waals surface area contributed by atoms with Crippen LogP contribution < -0.4 is 4.90 Å². The van der Waals surface area contributed by atoms with Gasteiger partial charge in [-0.05, 0) is 88.4 Å². The molecule has 0 bridgehead atoms. The first-order chi connectivity index (χ1) is 23.0. The first kappa shape index (κ1) is 37.5. The van der Waals surface area contributed by atoms with Gasteiger partial charge in [-0.15, -0.1) is 0 Å². The van der Waals surface area contributed by atoms with Crippen LogP contribution in [0.15, 0.2) is 60.3 Å². The summed E-state index contributed by atoms with van der Waals surface area (Å²) in [4.78, 5) is 37.6. The number of rotatable bonds is 16. The molecule has 0 saturated carbocycles. The highest BCUT2D eigenvalue weighted by atomic mass is 32.2. The summed E-state index contributed by atoms with van der Waals surface area (Å²) in [5.74, 6) is -2.57. The van der Waals surface area contributed by atoms with Gasteiger partial charge in [-0.1, -0.05) is 19.9 Å². The fourth-order valence-corrected chi connectivity index (χ4v) is 7.40. The van der Waals surface area contributed by atoms with Crippen LogP contribution >= 0.6 is 0 Å². The lowest BCUT2D eigenvalue weighted by atomic mass is 9.80. The third kappa shape index (κ3) is 8.48. The summed E-state index contributed by atoms with van der Waals surface area (Å²) in [6.07, 6.45) is 9.42. The second-order valence-corrected chi connectivity index (χ2v) is 15.1. The van der Waals surface area contributed by atoms with E-state index >= 15 is 0 Å². The molecular weight excluding hydrogens is 648 g/mol. The molecular formula is C37H47N2O9S+. The minimum atomic E-state index is -4.09. The Hall–Kier alpha value is -4.29. The minimum absolute atomic E-state index is 0.176. The van der Waals surface area contributed by atoms with Gasteiger partial charge in [-0.25, -0.2) is 9.59 Å². The molecule has 0 radical (unpaired) electrons. The predicted molar refractivity (Wildman–Crippen MR) is 188 cm³/mol. The first-order valence-electron chi connectivity index (χ1n) is 16.7. The third-order valence-corrected chi connectivity index (χ3v) is 10.2. The summed E-state index contributed by atoms with van der Waals surface area (Å²) in [5.41, 5.74) is 4.68. The number of carboxylic acid groups (broad SMARTS) is 2. The van der Waals surface area contributed by atoms with Crippen molar-refractivity contribution in [1.82, 2.24) is 0 Å². The number of anilines is 1. The van der Waals surface area contributed by atoms with Crippen molar-refractivity contribution in [2.75, 3.05) is 30.3 Å². The van der Waals surface area contributed by atoms with Crippen molar-refractivity contribution in [2.45, 2.75) is 84.0 Å². The van der Waals surface area contributed by atoms with E-state index in [1.807, 2.05) is 38.1 Å². The Balaban J connectivity index is 1.70. The number of unbranched alkanes of at least 4 members (excludes halogenated alkanes) is 3. The second kappa shape index (κ2) is 15.1. The smallest absolute Gasteiger partial charge is 0.335 e. The Morgan fingerprint density at radius 1 is 0.878 bits per heavy atom. The molecule has 49 heavy (non-hydrogen) atoms. The highest BCUT2D eigenvalue weighted by Crippen LogP contribution is 2.48. The normalized spacial score (nSPS) is 17.1. The van der Waals surface area contributed by atoms with Gasteiger partial charge < -0.3 is 19.8 Å². The summed E-state index contributed by atoms with van der Waals surface area (Å²) >= 11 is 0. The molecule has 2 aliphatic heterocycles. The van der Waals surface area contributed by atoms with Crippen LogP contribution in [0, 0.1) is 0 Å². The Bertz CT molecular complexity index is 1820. The van der Waals surface area contributed by atoms with Crippen LogP contribution in [0.2, 0.25) is 0 Å². The SMILES string of the molecule is CCOC(=O)CCCCC[N+]1=C(/C=C/C=C2/N(CCCCS(=O)(=O)O)c3ccc(C(=O)O)cc3C2(C)C)C(C)(C)c2cc(C(=O)O)ccc21. The Morgan fingerprint density at radius 3 is 2.16 bits per heavy atom. The molecule has 2 aliphatic rings. The number of carbonyl (C=O) groups is 3. The quantitative estimate of drug-likeness (QED) is 0.0766. The van der Waals surface area contributed by atoms with E-state index in [2.05, 4.69) is 23.3 Å². The molecule has 0 saturated heterocycles. The van der Waals surface area contributed by atoms with E-state index in [-0.39, 0.29) is 29.3 Å². The number of allylic oxidation sites excluding steroid dienone is 4. The molecule has 4 rings (SSSR count). The molecule has 12 heteroatoms. The highest BCUT2D eigenvalue weighted by Gasteiger charge is 2.45. The summed E-state index contributed by atoms with van der Waals surface area (Å²) < 4.78 is 39.2. The lowest BCUT2D eigenvalue weighted by Gasteiger charge is -2.27. The van der Waals surface area contributed by atoms with Gasteiger partial charge in [0, 0.05) is 53.9 Å². The fraction of sp³-hybridized carbons (Fsp3) is 0.459. The summed E-state index contributed by atoms with van der Waals surface area (Å²) in [7, 11) is -4.09. The van der Waals surface area contributed by atoms with Crippen LogP contribution in [0.5, 0.6) is 0 Å². The molecule has 2 aromatic rings. The number of fused-ring (bicyclic) bond motifs is 2. The standard InChI is InChI=1S/C37H46N2O9S/c1-6-48-33(40)15-8-7-9-20-38-29-18-16-25(34(41)42)23-27(29)36(2,3)31(38)13-12-14-32-37(4,5)28-24-26(35(43)44)17-19-30(28)39(32)21-10-11-22-49(45,46)47/h12-14,16-19,23-24H,6-11,15,20-22H2,1-5H3,(H2-,41,42,43,44,45,46,47)/p+1. The Kier molecular flexibility index (Phi) is 11.6. The Morgan fingerprint density at radius 2 is 1.53 bits per heavy atom. The average Bonchev–Trinajstić information content (AvgIpc) is 3.36. The molecule has 0 fully saturated rings. The number of ether oxygens (including phenoxy) is 1. The van der Waals surface area contributed by atoms with E-state index in [4.69, 9.17) is 4.74 Å². The van der Waals surface area contributed by atoms with Crippen LogP contribution in [0.4, 0.5) is 11.4 Å². The zero-order chi connectivity index (χ0) is 36.1. The van der Waals surface area contributed by atoms with Gasteiger partial charge in [0.05, 0.1) is 28.9 Å². The highest BCUT2D eigenvalue weighted by molar-refractivity contribution is 7.85. The maximum Gasteiger partial charge on any atom is 0.335 e. The molecule has 0 amide bonds. The van der Waals surface area contributed by atoms with Crippen LogP contribution in [0.25, 0.3) is 0 Å². The number of aromatic carboxylic acids is 2. The van der Waals surface area contributed by atoms with Gasteiger partial charge in [-0.3, -0.25) is 9.35 Å². The molecule has 0 aliphatic carbocycles. The summed E-state index contributed by atoms with van der Waals surface area (Å²) in [6, 6.07) is 10.2. The number of hydrogen-bond donors (Lipinski definition) is 3. The first-order valence-corrected chi connectivity index (χ1v) is 18.3. The number of benzene rings is 2. The van der Waals surface area contributed by atoms with Crippen molar-refractivity contribution >= 4 is 45.1 Å². The van der Waals surface area contributed by atoms with Crippen LogP contribution in [0.1, 0.15) is 105 Å². The predicted octanol–water partition coefficient (Wildman–Crippen LogP) is 6.49. The van der Waals surface area contributed by atoms with E-state index < -0.39 is 32.9 Å². The zero-order valence-electron chi connectivity index (χ0n) is 28.9. The molecule has 3 N–H and O–H groups in total. The van der Waals surface area contributed by atoms with Crippen molar-refractivity contribution in [1.29, 1.82) is 0 Å². The van der Waals surface area contributed by atoms with E-state index in [1.54, 1.807) is 37.3 Å². The largest absolute Gasteiger partial charge is 0.478 e. The van der Waals surface area contributed by atoms with Crippen LogP contribution in [-0.4, -0.2) is 76.8 Å². The van der Waals surface area contributed by atoms with Crippen LogP contribution in [-0.2, 0) is 30.5 Å². The number of carboxylic acids is 2. The lowest BCUT2D eigenvalue weighted by Crippen LogP contribution is -2.28. The topological polar surface area (TPSA) is 162 Å². The van der Waals surface area contributed by atoms with Crippen molar-refractivity contribution < 1.29 is 46.9 Å². The van der Waals surface area contributed by atoms with Gasteiger partial charge in [0.25, 0.3) is 10.1 Å². The fourth-order valence-electron chi connectivity index (χ4n) is 6.83. The van der Waals surface area contributed by atoms with Crippen molar-refractivity contribution in [3.8, 4) is 0 Å². The zero-order valence-corrected chi connectivity index (χ0v) is 29.7.